The van der Waals surface area contributed by atoms with Crippen LogP contribution in [-0.4, -0.2) is 18.0 Å². The molecule has 1 amide bonds. The summed E-state index contributed by atoms with van der Waals surface area (Å²) < 4.78 is 0. The molecule has 1 saturated carbocycles. The van der Waals surface area contributed by atoms with Crippen molar-refractivity contribution in [1.29, 1.82) is 0 Å². The van der Waals surface area contributed by atoms with Crippen molar-refractivity contribution in [3.8, 4) is 0 Å². The first-order valence-electron chi connectivity index (χ1n) is 6.91. The van der Waals surface area contributed by atoms with Crippen LogP contribution in [0.2, 0.25) is 5.02 Å². The Hall–Kier alpha value is -1.06. The summed E-state index contributed by atoms with van der Waals surface area (Å²) in [5, 5.41) is 3.75. The zero-order valence-corrected chi connectivity index (χ0v) is 13.5. The van der Waals surface area contributed by atoms with Gasteiger partial charge < -0.3 is 11.1 Å². The largest absolute Gasteiger partial charge is 0.348 e. The second-order valence-electron chi connectivity index (χ2n) is 6.94. The summed E-state index contributed by atoms with van der Waals surface area (Å²) in [7, 11) is 0. The topological polar surface area (TPSA) is 55.1 Å². The van der Waals surface area contributed by atoms with E-state index in [0.717, 1.165) is 5.56 Å². The van der Waals surface area contributed by atoms with Crippen LogP contribution in [0.25, 0.3) is 0 Å². The van der Waals surface area contributed by atoms with Crippen LogP contribution in [0.3, 0.4) is 0 Å². The van der Waals surface area contributed by atoms with Crippen LogP contribution in [0.4, 0.5) is 0 Å². The molecule has 0 aliphatic heterocycles. The number of carbonyl (C=O) groups is 1. The average molecular weight is 295 g/mol. The van der Waals surface area contributed by atoms with Crippen molar-refractivity contribution in [2.75, 3.05) is 0 Å². The number of amides is 1. The fourth-order valence-electron chi connectivity index (χ4n) is 3.61. The van der Waals surface area contributed by atoms with Crippen molar-refractivity contribution in [3.05, 3.63) is 34.3 Å². The summed E-state index contributed by atoms with van der Waals surface area (Å²) in [5.41, 5.74) is 7.45. The number of hydrogen-bond donors (Lipinski definition) is 2. The van der Waals surface area contributed by atoms with Gasteiger partial charge in [0.05, 0.1) is 0 Å². The lowest BCUT2D eigenvalue weighted by molar-refractivity contribution is -0.0663. The minimum absolute atomic E-state index is 0.0517. The minimum Gasteiger partial charge on any atom is -0.348 e. The third kappa shape index (κ3) is 2.13. The van der Waals surface area contributed by atoms with E-state index in [4.69, 9.17) is 17.3 Å². The zero-order valence-electron chi connectivity index (χ0n) is 12.8. The fraction of sp³-hybridized carbons (Fsp3) is 0.562. The number of carbonyl (C=O) groups excluding carboxylic acids is 1. The summed E-state index contributed by atoms with van der Waals surface area (Å²) >= 11 is 6.08. The summed E-state index contributed by atoms with van der Waals surface area (Å²) in [6, 6.07) is 5.51. The molecule has 0 radical (unpaired) electrons. The van der Waals surface area contributed by atoms with Gasteiger partial charge in [-0.2, -0.15) is 0 Å². The Balaban J connectivity index is 2.23. The van der Waals surface area contributed by atoms with E-state index in [1.54, 1.807) is 18.2 Å². The Bertz CT molecular complexity index is 535. The molecule has 1 aliphatic carbocycles. The molecule has 2 rings (SSSR count). The number of rotatable bonds is 2. The molecule has 3 nitrogen and oxygen atoms in total. The summed E-state index contributed by atoms with van der Waals surface area (Å²) in [6.07, 6.45) is 0. The van der Waals surface area contributed by atoms with Gasteiger partial charge >= 0.3 is 0 Å². The van der Waals surface area contributed by atoms with Crippen molar-refractivity contribution in [2.45, 2.75) is 46.7 Å². The molecule has 110 valence electrons. The highest BCUT2D eigenvalue weighted by atomic mass is 35.5. The number of nitrogens with two attached hydrogens (primary N) is 1. The second-order valence-corrected chi connectivity index (χ2v) is 7.35. The van der Waals surface area contributed by atoms with Gasteiger partial charge in [0.1, 0.15) is 0 Å². The molecule has 0 heterocycles. The van der Waals surface area contributed by atoms with Crippen LogP contribution >= 0.6 is 11.6 Å². The molecule has 1 fully saturated rings. The lowest BCUT2D eigenvalue weighted by Gasteiger charge is -2.62. The lowest BCUT2D eigenvalue weighted by Crippen LogP contribution is -2.76. The molecule has 0 bridgehead atoms. The van der Waals surface area contributed by atoms with E-state index in [-0.39, 0.29) is 28.8 Å². The van der Waals surface area contributed by atoms with Gasteiger partial charge in [0, 0.05) is 33.5 Å². The molecule has 0 atom stereocenters. The average Bonchev–Trinajstić information content (AvgIpc) is 2.37. The van der Waals surface area contributed by atoms with Gasteiger partial charge in [-0.15, -0.1) is 0 Å². The monoisotopic (exact) mass is 294 g/mol. The van der Waals surface area contributed by atoms with E-state index in [1.807, 2.05) is 6.92 Å². The predicted octanol–water partition coefficient (Wildman–Crippen LogP) is 3.14. The Morgan fingerprint density at radius 1 is 1.25 bits per heavy atom. The van der Waals surface area contributed by atoms with E-state index in [0.29, 0.717) is 10.6 Å². The highest BCUT2D eigenvalue weighted by Gasteiger charge is 2.60. The van der Waals surface area contributed by atoms with Crippen molar-refractivity contribution in [1.82, 2.24) is 5.32 Å². The van der Waals surface area contributed by atoms with Gasteiger partial charge in [0.15, 0.2) is 0 Å². The molecule has 1 aromatic rings. The standard InChI is InChI=1S/C16H23ClN2O/c1-9-10(7-6-8-11(9)17)12(20)19-14-15(2,3)13(18)16(14,4)5/h6-8,13-14H,18H2,1-5H3,(H,19,20). The third-order valence-corrected chi connectivity index (χ3v) is 5.29. The Morgan fingerprint density at radius 3 is 2.35 bits per heavy atom. The number of benzene rings is 1. The first-order chi connectivity index (χ1) is 9.10. The normalized spacial score (nSPS) is 26.8. The van der Waals surface area contributed by atoms with E-state index in [9.17, 15) is 4.79 Å². The molecule has 0 aromatic heterocycles. The molecule has 0 spiro atoms. The quantitative estimate of drug-likeness (QED) is 0.880. The van der Waals surface area contributed by atoms with Gasteiger partial charge in [-0.1, -0.05) is 45.4 Å². The number of halogens is 1. The van der Waals surface area contributed by atoms with Crippen molar-refractivity contribution in [3.63, 3.8) is 0 Å². The maximum absolute atomic E-state index is 12.5. The number of nitrogens with one attached hydrogen (secondary N) is 1. The Labute approximate surface area is 125 Å². The van der Waals surface area contributed by atoms with Gasteiger partial charge in [-0.05, 0) is 24.6 Å². The molecule has 4 heteroatoms. The lowest BCUT2D eigenvalue weighted by atomic mass is 9.48. The summed E-state index contributed by atoms with van der Waals surface area (Å²) in [4.78, 5) is 12.5. The highest BCUT2D eigenvalue weighted by molar-refractivity contribution is 6.31. The van der Waals surface area contributed by atoms with E-state index >= 15 is 0 Å². The maximum Gasteiger partial charge on any atom is 0.251 e. The van der Waals surface area contributed by atoms with E-state index in [1.165, 1.54) is 0 Å². The summed E-state index contributed by atoms with van der Waals surface area (Å²) in [5.74, 6) is -0.0805. The zero-order chi connectivity index (χ0) is 15.3. The molecule has 1 aromatic carbocycles. The van der Waals surface area contributed by atoms with Crippen LogP contribution in [-0.2, 0) is 0 Å². The first-order valence-corrected chi connectivity index (χ1v) is 7.29. The molecule has 0 unspecified atom stereocenters. The van der Waals surface area contributed by atoms with Crippen molar-refractivity contribution >= 4 is 17.5 Å². The molecule has 3 N–H and O–H groups in total. The third-order valence-electron chi connectivity index (χ3n) is 4.88. The minimum atomic E-state index is -0.106. The van der Waals surface area contributed by atoms with Crippen LogP contribution in [0.1, 0.15) is 43.6 Å². The van der Waals surface area contributed by atoms with Crippen molar-refractivity contribution in [2.24, 2.45) is 16.6 Å². The Morgan fingerprint density at radius 2 is 1.80 bits per heavy atom. The molecular weight excluding hydrogens is 272 g/mol. The first kappa shape index (κ1) is 15.3. The van der Waals surface area contributed by atoms with Crippen LogP contribution < -0.4 is 11.1 Å². The summed E-state index contributed by atoms with van der Waals surface area (Å²) in [6.45, 7) is 10.2. The molecular formula is C16H23ClN2O. The predicted molar refractivity (Wildman–Crippen MR) is 83.0 cm³/mol. The Kier molecular flexibility index (Phi) is 3.64. The second kappa shape index (κ2) is 4.74. The highest BCUT2D eigenvalue weighted by Crippen LogP contribution is 2.52. The van der Waals surface area contributed by atoms with Gasteiger partial charge in [-0.3, -0.25) is 4.79 Å². The van der Waals surface area contributed by atoms with Crippen molar-refractivity contribution < 1.29 is 4.79 Å². The maximum atomic E-state index is 12.5. The van der Waals surface area contributed by atoms with Crippen LogP contribution in [0, 0.1) is 17.8 Å². The smallest absolute Gasteiger partial charge is 0.251 e. The van der Waals surface area contributed by atoms with Gasteiger partial charge in [0.2, 0.25) is 0 Å². The fourth-order valence-corrected chi connectivity index (χ4v) is 3.79. The van der Waals surface area contributed by atoms with Gasteiger partial charge in [-0.25, -0.2) is 0 Å². The molecule has 1 aliphatic rings. The molecule has 20 heavy (non-hydrogen) atoms. The van der Waals surface area contributed by atoms with Crippen LogP contribution in [0.15, 0.2) is 18.2 Å². The van der Waals surface area contributed by atoms with E-state index < -0.39 is 0 Å². The van der Waals surface area contributed by atoms with Crippen LogP contribution in [0.5, 0.6) is 0 Å². The van der Waals surface area contributed by atoms with E-state index in [2.05, 4.69) is 33.0 Å². The molecule has 0 saturated heterocycles. The SMILES string of the molecule is Cc1c(Cl)cccc1C(=O)NC1C(C)(C)C(N)C1(C)C. The number of hydrogen-bond acceptors (Lipinski definition) is 2. The van der Waals surface area contributed by atoms with Gasteiger partial charge in [0.25, 0.3) is 5.91 Å².